The Labute approximate surface area is 155 Å². The van der Waals surface area contributed by atoms with Crippen LogP contribution < -0.4 is 15.6 Å². The molecule has 0 spiro atoms. The molecule has 6 nitrogen and oxygen atoms in total. The maximum Gasteiger partial charge on any atom is 0.258 e. The Hall–Kier alpha value is -2.41. The summed E-state index contributed by atoms with van der Waals surface area (Å²) in [7, 11) is 0. The molecule has 134 valence electrons. The maximum atomic E-state index is 12.4. The highest BCUT2D eigenvalue weighted by molar-refractivity contribution is 6.30. The number of pyridine rings is 1. The van der Waals surface area contributed by atoms with E-state index in [1.807, 2.05) is 24.3 Å². The molecule has 0 saturated carbocycles. The number of nitrogens with zero attached hydrogens (tertiary/aromatic N) is 2. The molecule has 0 aliphatic carbocycles. The Morgan fingerprint density at radius 2 is 2.23 bits per heavy atom. The zero-order valence-corrected chi connectivity index (χ0v) is 14.8. The predicted octanol–water partition coefficient (Wildman–Crippen LogP) is 2.59. The van der Waals surface area contributed by atoms with Gasteiger partial charge < -0.3 is 14.8 Å². The first kappa shape index (κ1) is 17.0. The van der Waals surface area contributed by atoms with E-state index in [-0.39, 0.29) is 11.7 Å². The van der Waals surface area contributed by atoms with E-state index in [9.17, 15) is 4.79 Å². The zero-order valence-electron chi connectivity index (χ0n) is 14.0. The molecule has 0 amide bonds. The topological polar surface area (TPSA) is 64.9 Å². The summed E-state index contributed by atoms with van der Waals surface area (Å²) in [6.07, 6.45) is 1.46. The number of morpholine rings is 1. The standard InChI is InChI=1S/C19H18ClN3O3/c20-14-3-1-2-13(8-14)12-26-15-4-6-23-18(9-15)22-16(10-19(23)24)17-11-21-5-7-25-17/h1-4,6,8-10,17,21H,5,7,11-12H2. The molecule has 1 fully saturated rings. The van der Waals surface area contributed by atoms with Crippen molar-refractivity contribution in [2.24, 2.45) is 0 Å². The molecule has 3 heterocycles. The summed E-state index contributed by atoms with van der Waals surface area (Å²) in [5.74, 6) is 0.636. The van der Waals surface area contributed by atoms with Gasteiger partial charge in [-0.3, -0.25) is 9.20 Å². The van der Waals surface area contributed by atoms with Crippen LogP contribution in [-0.2, 0) is 11.3 Å². The average molecular weight is 372 g/mol. The van der Waals surface area contributed by atoms with E-state index in [0.29, 0.717) is 41.9 Å². The fraction of sp³-hybridized carbons (Fsp3) is 0.263. The number of nitrogens with one attached hydrogen (secondary N) is 1. The zero-order chi connectivity index (χ0) is 17.9. The number of fused-ring (bicyclic) bond motifs is 1. The monoisotopic (exact) mass is 371 g/mol. The van der Waals surface area contributed by atoms with Crippen LogP contribution in [0.4, 0.5) is 0 Å². The first-order valence-electron chi connectivity index (χ1n) is 8.42. The number of benzene rings is 1. The van der Waals surface area contributed by atoms with E-state index < -0.39 is 0 Å². The first-order valence-corrected chi connectivity index (χ1v) is 8.80. The second-order valence-corrected chi connectivity index (χ2v) is 6.53. The van der Waals surface area contributed by atoms with Crippen molar-refractivity contribution >= 4 is 17.2 Å². The van der Waals surface area contributed by atoms with Crippen LogP contribution in [0.25, 0.3) is 5.65 Å². The first-order chi connectivity index (χ1) is 12.7. The van der Waals surface area contributed by atoms with Crippen molar-refractivity contribution in [1.29, 1.82) is 0 Å². The third-order valence-corrected chi connectivity index (χ3v) is 4.45. The van der Waals surface area contributed by atoms with Gasteiger partial charge >= 0.3 is 0 Å². The Kier molecular flexibility index (Phi) is 4.88. The van der Waals surface area contributed by atoms with Crippen molar-refractivity contribution in [1.82, 2.24) is 14.7 Å². The molecule has 0 bridgehead atoms. The molecule has 1 N–H and O–H groups in total. The van der Waals surface area contributed by atoms with Crippen LogP contribution in [0, 0.1) is 0 Å². The van der Waals surface area contributed by atoms with Crippen LogP contribution in [0.1, 0.15) is 17.4 Å². The number of ether oxygens (including phenoxy) is 2. The molecule has 7 heteroatoms. The second kappa shape index (κ2) is 7.45. The number of halogens is 1. The lowest BCUT2D eigenvalue weighted by molar-refractivity contribution is 0.0250. The number of hydrogen-bond donors (Lipinski definition) is 1. The minimum absolute atomic E-state index is 0.138. The van der Waals surface area contributed by atoms with Gasteiger partial charge in [0.25, 0.3) is 5.56 Å². The van der Waals surface area contributed by atoms with E-state index in [1.54, 1.807) is 18.3 Å². The van der Waals surface area contributed by atoms with Crippen LogP contribution in [0.2, 0.25) is 5.02 Å². The van der Waals surface area contributed by atoms with Gasteiger partial charge in [-0.05, 0) is 23.8 Å². The number of hydrogen-bond acceptors (Lipinski definition) is 5. The summed E-state index contributed by atoms with van der Waals surface area (Å²) in [5.41, 5.74) is 2.00. The van der Waals surface area contributed by atoms with Gasteiger partial charge in [-0.2, -0.15) is 0 Å². The van der Waals surface area contributed by atoms with Gasteiger partial charge in [0, 0.05) is 36.4 Å². The lowest BCUT2D eigenvalue weighted by atomic mass is 10.2. The van der Waals surface area contributed by atoms with Crippen molar-refractivity contribution in [2.75, 3.05) is 19.7 Å². The summed E-state index contributed by atoms with van der Waals surface area (Å²) >= 11 is 5.99. The normalized spacial score (nSPS) is 17.3. The average Bonchev–Trinajstić information content (AvgIpc) is 2.67. The molecule has 26 heavy (non-hydrogen) atoms. The minimum atomic E-state index is -0.211. The van der Waals surface area contributed by atoms with Crippen LogP contribution in [0.3, 0.4) is 0 Å². The summed E-state index contributed by atoms with van der Waals surface area (Å²) in [6, 6.07) is 12.5. The van der Waals surface area contributed by atoms with E-state index in [2.05, 4.69) is 10.3 Å². The molecule has 1 aromatic carbocycles. The van der Waals surface area contributed by atoms with Gasteiger partial charge in [-0.15, -0.1) is 0 Å². The van der Waals surface area contributed by atoms with Crippen molar-refractivity contribution < 1.29 is 9.47 Å². The smallest absolute Gasteiger partial charge is 0.258 e. The molecule has 1 atom stereocenters. The molecule has 1 aliphatic heterocycles. The van der Waals surface area contributed by atoms with Gasteiger partial charge in [0.1, 0.15) is 24.1 Å². The molecule has 3 aromatic rings. The molecule has 4 rings (SSSR count). The van der Waals surface area contributed by atoms with Gasteiger partial charge in [-0.1, -0.05) is 23.7 Å². The van der Waals surface area contributed by atoms with Crippen molar-refractivity contribution in [2.45, 2.75) is 12.7 Å². The quantitative estimate of drug-likeness (QED) is 0.763. The molecule has 0 radical (unpaired) electrons. The third kappa shape index (κ3) is 3.72. The highest BCUT2D eigenvalue weighted by Gasteiger charge is 2.18. The SMILES string of the molecule is O=c1cc(C2CNCCO2)nc2cc(OCc3cccc(Cl)c3)ccn12. The largest absolute Gasteiger partial charge is 0.489 e. The van der Waals surface area contributed by atoms with Crippen LogP contribution in [0.5, 0.6) is 5.75 Å². The Bertz CT molecular complexity index is 983. The van der Waals surface area contributed by atoms with E-state index >= 15 is 0 Å². The van der Waals surface area contributed by atoms with Gasteiger partial charge in [0.2, 0.25) is 0 Å². The van der Waals surface area contributed by atoms with Crippen LogP contribution in [-0.4, -0.2) is 29.1 Å². The van der Waals surface area contributed by atoms with Gasteiger partial charge in [-0.25, -0.2) is 4.98 Å². The second-order valence-electron chi connectivity index (χ2n) is 6.09. The summed E-state index contributed by atoms with van der Waals surface area (Å²) in [5, 5.41) is 3.92. The van der Waals surface area contributed by atoms with Gasteiger partial charge in [0.15, 0.2) is 0 Å². The lowest BCUT2D eigenvalue weighted by Crippen LogP contribution is -2.34. The summed E-state index contributed by atoms with van der Waals surface area (Å²) in [4.78, 5) is 16.9. The van der Waals surface area contributed by atoms with Crippen molar-refractivity contribution in [3.8, 4) is 5.75 Å². The molecule has 1 saturated heterocycles. The number of aromatic nitrogens is 2. The highest BCUT2D eigenvalue weighted by atomic mass is 35.5. The fourth-order valence-corrected chi connectivity index (χ4v) is 3.12. The lowest BCUT2D eigenvalue weighted by Gasteiger charge is -2.23. The predicted molar refractivity (Wildman–Crippen MR) is 98.8 cm³/mol. The van der Waals surface area contributed by atoms with E-state index in [4.69, 9.17) is 21.1 Å². The molecular formula is C19H18ClN3O3. The third-order valence-electron chi connectivity index (χ3n) is 4.21. The Balaban J connectivity index is 1.59. The number of rotatable bonds is 4. The van der Waals surface area contributed by atoms with Gasteiger partial charge in [0.05, 0.1) is 12.3 Å². The highest BCUT2D eigenvalue weighted by Crippen LogP contribution is 2.19. The Morgan fingerprint density at radius 1 is 1.31 bits per heavy atom. The molecule has 1 unspecified atom stereocenters. The van der Waals surface area contributed by atoms with Crippen molar-refractivity contribution in [3.05, 3.63) is 75.3 Å². The molecule has 2 aromatic heterocycles. The Morgan fingerprint density at radius 3 is 3.04 bits per heavy atom. The van der Waals surface area contributed by atoms with Crippen LogP contribution in [0.15, 0.2) is 53.5 Å². The van der Waals surface area contributed by atoms with E-state index in [1.165, 1.54) is 10.5 Å². The minimum Gasteiger partial charge on any atom is -0.489 e. The van der Waals surface area contributed by atoms with E-state index in [0.717, 1.165) is 12.1 Å². The molecule has 1 aliphatic rings. The van der Waals surface area contributed by atoms with Crippen molar-refractivity contribution in [3.63, 3.8) is 0 Å². The maximum absolute atomic E-state index is 12.4. The summed E-state index contributed by atoms with van der Waals surface area (Å²) < 4.78 is 13.0. The fourth-order valence-electron chi connectivity index (χ4n) is 2.91. The molecular weight excluding hydrogens is 354 g/mol. The van der Waals surface area contributed by atoms with Crippen LogP contribution >= 0.6 is 11.6 Å². The summed E-state index contributed by atoms with van der Waals surface area (Å²) in [6.45, 7) is 2.45.